The van der Waals surface area contributed by atoms with Gasteiger partial charge in [0.2, 0.25) is 0 Å². The second-order valence-electron chi connectivity index (χ2n) is 8.67. The van der Waals surface area contributed by atoms with E-state index in [9.17, 15) is 9.90 Å². The van der Waals surface area contributed by atoms with Crippen molar-refractivity contribution in [3.8, 4) is 11.3 Å². The molecule has 0 radical (unpaired) electrons. The highest BCUT2D eigenvalue weighted by Gasteiger charge is 2.29. The van der Waals surface area contributed by atoms with Gasteiger partial charge >= 0.3 is 5.97 Å². The van der Waals surface area contributed by atoms with Crippen LogP contribution in [0, 0.1) is 0 Å². The number of halogens is 2. The molecule has 2 aromatic carbocycles. The summed E-state index contributed by atoms with van der Waals surface area (Å²) in [6, 6.07) is 13.3. The number of pyridine rings is 1. The molecule has 5 nitrogen and oxygen atoms in total. The molecule has 5 rings (SSSR count). The maximum Gasteiger partial charge on any atom is 0.310 e. The Balaban J connectivity index is 1.62. The molecule has 7 heteroatoms. The molecule has 0 aliphatic heterocycles. The molecule has 0 unspecified atom stereocenters. The van der Waals surface area contributed by atoms with Gasteiger partial charge in [-0.2, -0.15) is 0 Å². The number of aromatic nitrogens is 3. The predicted molar refractivity (Wildman–Crippen MR) is 131 cm³/mol. The van der Waals surface area contributed by atoms with Gasteiger partial charge in [-0.05, 0) is 55.9 Å². The maximum absolute atomic E-state index is 11.6. The molecule has 4 aromatic rings. The Labute approximate surface area is 202 Å². The number of carboxylic acids is 1. The Hall–Kier alpha value is -2.89. The van der Waals surface area contributed by atoms with Crippen LogP contribution in [0.5, 0.6) is 0 Å². The number of hydrogen-bond acceptors (Lipinski definition) is 3. The lowest BCUT2D eigenvalue weighted by Gasteiger charge is -2.20. The molecule has 0 amide bonds. The fourth-order valence-electron chi connectivity index (χ4n) is 4.45. The number of carbonyl (C=O) groups is 1. The summed E-state index contributed by atoms with van der Waals surface area (Å²) in [6.07, 6.45) is 5.82. The van der Waals surface area contributed by atoms with Gasteiger partial charge < -0.3 is 9.67 Å². The SMILES string of the molecule is C[C@H](C(=O)O)c1ccccc1-c1cc2c(cn1)ncn2[C@H](C)c1c(Cl)ccc(C2CC2)c1Cl. The van der Waals surface area contributed by atoms with Gasteiger partial charge in [-0.25, -0.2) is 4.98 Å². The van der Waals surface area contributed by atoms with Gasteiger partial charge in [0.1, 0.15) is 5.52 Å². The van der Waals surface area contributed by atoms with Gasteiger partial charge in [0.25, 0.3) is 0 Å². The molecule has 0 spiro atoms. The number of imidazole rings is 1. The highest BCUT2D eigenvalue weighted by atomic mass is 35.5. The molecule has 1 aliphatic rings. The molecule has 33 heavy (non-hydrogen) atoms. The van der Waals surface area contributed by atoms with Crippen molar-refractivity contribution in [3.63, 3.8) is 0 Å². The lowest BCUT2D eigenvalue weighted by molar-refractivity contribution is -0.138. The Morgan fingerprint density at radius 2 is 1.88 bits per heavy atom. The van der Waals surface area contributed by atoms with Crippen molar-refractivity contribution in [3.05, 3.63) is 81.7 Å². The third-order valence-corrected chi connectivity index (χ3v) is 7.29. The van der Waals surface area contributed by atoms with Crippen molar-refractivity contribution in [1.29, 1.82) is 0 Å². The van der Waals surface area contributed by atoms with E-state index in [4.69, 9.17) is 23.2 Å². The van der Waals surface area contributed by atoms with E-state index in [0.717, 1.165) is 51.2 Å². The van der Waals surface area contributed by atoms with Crippen LogP contribution < -0.4 is 0 Å². The summed E-state index contributed by atoms with van der Waals surface area (Å²) < 4.78 is 2.05. The quantitative estimate of drug-likeness (QED) is 0.320. The summed E-state index contributed by atoms with van der Waals surface area (Å²) in [4.78, 5) is 20.8. The molecule has 0 bridgehead atoms. The maximum atomic E-state index is 11.6. The van der Waals surface area contributed by atoms with E-state index >= 15 is 0 Å². The van der Waals surface area contributed by atoms with Crippen molar-refractivity contribution in [1.82, 2.24) is 14.5 Å². The summed E-state index contributed by atoms with van der Waals surface area (Å²) in [7, 11) is 0. The van der Waals surface area contributed by atoms with Crippen LogP contribution in [0.25, 0.3) is 22.3 Å². The molecule has 2 heterocycles. The van der Waals surface area contributed by atoms with E-state index in [1.54, 1.807) is 19.4 Å². The minimum absolute atomic E-state index is 0.142. The van der Waals surface area contributed by atoms with E-state index in [1.807, 2.05) is 47.0 Å². The first-order chi connectivity index (χ1) is 15.9. The highest BCUT2D eigenvalue weighted by Crippen LogP contribution is 2.47. The molecule has 1 fully saturated rings. The average Bonchev–Trinajstić information content (AvgIpc) is 3.56. The number of fused-ring (bicyclic) bond motifs is 1. The lowest BCUT2D eigenvalue weighted by Crippen LogP contribution is -2.09. The first-order valence-electron chi connectivity index (χ1n) is 11.0. The minimum atomic E-state index is -0.873. The molecular weight excluding hydrogens is 457 g/mol. The van der Waals surface area contributed by atoms with Crippen molar-refractivity contribution < 1.29 is 9.90 Å². The minimum Gasteiger partial charge on any atom is -0.481 e. The summed E-state index contributed by atoms with van der Waals surface area (Å²) >= 11 is 13.5. The first-order valence-corrected chi connectivity index (χ1v) is 11.7. The molecule has 2 atom stereocenters. The van der Waals surface area contributed by atoms with Crippen LogP contribution in [0.1, 0.15) is 61.3 Å². The zero-order valence-corrected chi connectivity index (χ0v) is 19.8. The van der Waals surface area contributed by atoms with E-state index in [0.29, 0.717) is 16.6 Å². The summed E-state index contributed by atoms with van der Waals surface area (Å²) in [5.41, 5.74) is 5.89. The molecular formula is C26H23Cl2N3O2. The number of benzene rings is 2. The zero-order valence-electron chi connectivity index (χ0n) is 18.3. The van der Waals surface area contributed by atoms with Crippen LogP contribution in [0.3, 0.4) is 0 Å². The van der Waals surface area contributed by atoms with E-state index < -0.39 is 11.9 Å². The van der Waals surface area contributed by atoms with Crippen LogP contribution in [-0.2, 0) is 4.79 Å². The third-order valence-electron chi connectivity index (χ3n) is 6.54. The number of aliphatic carboxylic acids is 1. The predicted octanol–water partition coefficient (Wildman–Crippen LogP) is 7.08. The van der Waals surface area contributed by atoms with Crippen LogP contribution in [0.4, 0.5) is 0 Å². The van der Waals surface area contributed by atoms with E-state index in [-0.39, 0.29) is 6.04 Å². The fraction of sp³-hybridized carbons (Fsp3) is 0.269. The molecule has 1 N–H and O–H groups in total. The van der Waals surface area contributed by atoms with Crippen LogP contribution in [0.15, 0.2) is 55.0 Å². The highest BCUT2D eigenvalue weighted by molar-refractivity contribution is 6.36. The number of carboxylic acid groups (broad SMARTS) is 1. The van der Waals surface area contributed by atoms with Gasteiger partial charge in [-0.15, -0.1) is 0 Å². The Morgan fingerprint density at radius 3 is 2.61 bits per heavy atom. The standard InChI is InChI=1S/C26H23Cl2N3O2/c1-14(26(32)33)17-5-3-4-6-19(17)21-11-23-22(12-29-21)30-13-31(23)15(2)24-20(27)10-9-18(25(24)28)16-7-8-16/h3-6,9-16H,7-8H2,1-2H3,(H,32,33)/t14-,15+/m0/s1. The van der Waals surface area contributed by atoms with Crippen LogP contribution in [-0.4, -0.2) is 25.6 Å². The van der Waals surface area contributed by atoms with Crippen LogP contribution >= 0.6 is 23.2 Å². The topological polar surface area (TPSA) is 68.0 Å². The normalized spacial score (nSPS) is 15.5. The summed E-state index contributed by atoms with van der Waals surface area (Å²) in [5, 5.41) is 10.9. The summed E-state index contributed by atoms with van der Waals surface area (Å²) in [6.45, 7) is 3.74. The van der Waals surface area contributed by atoms with Gasteiger partial charge in [0, 0.05) is 16.1 Å². The molecule has 2 aromatic heterocycles. The van der Waals surface area contributed by atoms with Crippen LogP contribution in [0.2, 0.25) is 10.0 Å². The van der Waals surface area contributed by atoms with Gasteiger partial charge in [-0.3, -0.25) is 9.78 Å². The van der Waals surface area contributed by atoms with Gasteiger partial charge in [-0.1, -0.05) is 53.5 Å². The van der Waals surface area contributed by atoms with Crippen molar-refractivity contribution in [2.24, 2.45) is 0 Å². The summed E-state index contributed by atoms with van der Waals surface area (Å²) in [5.74, 6) is -1.00. The van der Waals surface area contributed by atoms with Crippen molar-refractivity contribution in [2.45, 2.75) is 44.6 Å². The smallest absolute Gasteiger partial charge is 0.310 e. The van der Waals surface area contributed by atoms with E-state index in [1.165, 1.54) is 0 Å². The second kappa shape index (κ2) is 8.47. The van der Waals surface area contributed by atoms with Gasteiger partial charge in [0.15, 0.2) is 0 Å². The van der Waals surface area contributed by atoms with Crippen molar-refractivity contribution >= 4 is 40.2 Å². The number of rotatable bonds is 6. The van der Waals surface area contributed by atoms with Gasteiger partial charge in [0.05, 0.1) is 40.7 Å². The molecule has 168 valence electrons. The monoisotopic (exact) mass is 479 g/mol. The average molecular weight is 480 g/mol. The Bertz CT molecular complexity index is 1380. The molecule has 1 saturated carbocycles. The zero-order chi connectivity index (χ0) is 23.3. The lowest BCUT2D eigenvalue weighted by atomic mass is 9.94. The largest absolute Gasteiger partial charge is 0.481 e. The number of hydrogen-bond donors (Lipinski definition) is 1. The molecule has 0 saturated heterocycles. The first kappa shape index (κ1) is 21.9. The van der Waals surface area contributed by atoms with Crippen molar-refractivity contribution in [2.75, 3.05) is 0 Å². The Kier molecular flexibility index (Phi) is 5.63. The van der Waals surface area contributed by atoms with E-state index in [2.05, 4.69) is 16.9 Å². The Morgan fingerprint density at radius 1 is 1.12 bits per heavy atom. The number of nitrogens with zero attached hydrogens (tertiary/aromatic N) is 3. The third kappa shape index (κ3) is 3.90. The molecule has 1 aliphatic carbocycles. The fourth-order valence-corrected chi connectivity index (χ4v) is 5.29. The second-order valence-corrected chi connectivity index (χ2v) is 9.46.